The number of amides is 1. The average molecular weight is 352 g/mol. The Morgan fingerprint density at radius 1 is 1.23 bits per heavy atom. The summed E-state index contributed by atoms with van der Waals surface area (Å²) in [5.41, 5.74) is 2.43. The van der Waals surface area contributed by atoms with Gasteiger partial charge in [0.05, 0.1) is 22.0 Å². The number of nitrogens with zero attached hydrogens (tertiary/aromatic N) is 2. The van der Waals surface area contributed by atoms with E-state index in [0.717, 1.165) is 11.0 Å². The minimum Gasteiger partial charge on any atom is -0.342 e. The minimum atomic E-state index is -0.481. The largest absolute Gasteiger partial charge is 0.342 e. The summed E-state index contributed by atoms with van der Waals surface area (Å²) in [6.45, 7) is 5.61. The second-order valence-electron chi connectivity index (χ2n) is 6.59. The van der Waals surface area contributed by atoms with E-state index in [9.17, 15) is 14.9 Å². The highest BCUT2D eigenvalue weighted by Gasteiger charge is 2.23. The van der Waals surface area contributed by atoms with Crippen molar-refractivity contribution in [2.45, 2.75) is 26.8 Å². The number of carbonyl (C=O) groups is 1. The Hall–Kier alpha value is -3.22. The molecule has 7 heteroatoms. The van der Waals surface area contributed by atoms with E-state index in [0.29, 0.717) is 11.4 Å². The second kappa shape index (κ2) is 6.95. The third-order valence-electron chi connectivity index (χ3n) is 4.32. The fraction of sp³-hybridized carbons (Fsp3) is 0.263. The number of rotatable bonds is 5. The van der Waals surface area contributed by atoms with Gasteiger partial charge in [-0.3, -0.25) is 14.9 Å². The molecule has 2 N–H and O–H groups in total. The summed E-state index contributed by atoms with van der Waals surface area (Å²) >= 11 is 0. The molecule has 0 aliphatic heterocycles. The summed E-state index contributed by atoms with van der Waals surface area (Å²) in [4.78, 5) is 31.1. The molecule has 3 rings (SSSR count). The zero-order valence-corrected chi connectivity index (χ0v) is 14.8. The zero-order valence-electron chi connectivity index (χ0n) is 14.8. The van der Waals surface area contributed by atoms with Crippen molar-refractivity contribution in [3.63, 3.8) is 0 Å². The molecule has 0 fully saturated rings. The molecule has 0 aliphatic carbocycles. The molecule has 0 bridgehead atoms. The molecule has 0 saturated carbocycles. The predicted molar refractivity (Wildman–Crippen MR) is 99.0 cm³/mol. The third-order valence-corrected chi connectivity index (χ3v) is 4.32. The number of aromatic amines is 1. The van der Waals surface area contributed by atoms with Crippen molar-refractivity contribution in [3.8, 4) is 0 Å². The monoisotopic (exact) mass is 352 g/mol. The first-order valence-electron chi connectivity index (χ1n) is 8.37. The van der Waals surface area contributed by atoms with E-state index in [1.165, 1.54) is 6.07 Å². The van der Waals surface area contributed by atoms with Gasteiger partial charge in [-0.2, -0.15) is 0 Å². The molecule has 1 atom stereocenters. The van der Waals surface area contributed by atoms with Gasteiger partial charge < -0.3 is 10.3 Å². The van der Waals surface area contributed by atoms with Gasteiger partial charge in [0.15, 0.2) is 0 Å². The second-order valence-corrected chi connectivity index (χ2v) is 6.59. The van der Waals surface area contributed by atoms with Crippen LogP contribution < -0.4 is 5.32 Å². The normalized spacial score (nSPS) is 12.3. The number of nitro groups is 1. The molecule has 0 unspecified atom stereocenters. The highest BCUT2D eigenvalue weighted by molar-refractivity contribution is 5.95. The van der Waals surface area contributed by atoms with Crippen LogP contribution in [0.15, 0.2) is 42.5 Å². The molecule has 0 saturated heterocycles. The van der Waals surface area contributed by atoms with Gasteiger partial charge in [-0.25, -0.2) is 4.98 Å². The first kappa shape index (κ1) is 17.6. The number of nitro benzene ring substituents is 1. The van der Waals surface area contributed by atoms with E-state index in [1.54, 1.807) is 19.1 Å². The summed E-state index contributed by atoms with van der Waals surface area (Å²) in [5.74, 6) is 0.378. The lowest BCUT2D eigenvalue weighted by molar-refractivity contribution is -0.385. The van der Waals surface area contributed by atoms with Crippen molar-refractivity contribution in [2.24, 2.45) is 5.92 Å². The van der Waals surface area contributed by atoms with Gasteiger partial charge in [0, 0.05) is 17.2 Å². The molecule has 134 valence electrons. The molecule has 1 heterocycles. The highest BCUT2D eigenvalue weighted by atomic mass is 16.6. The number of carbonyl (C=O) groups excluding carboxylic acids is 1. The smallest absolute Gasteiger partial charge is 0.273 e. The van der Waals surface area contributed by atoms with E-state index in [2.05, 4.69) is 15.3 Å². The number of H-pyrrole nitrogens is 1. The summed E-state index contributed by atoms with van der Waals surface area (Å²) in [6.07, 6.45) is 0. The van der Waals surface area contributed by atoms with Crippen LogP contribution in [-0.4, -0.2) is 20.8 Å². The van der Waals surface area contributed by atoms with Gasteiger partial charge in [0.1, 0.15) is 5.82 Å². The molecule has 26 heavy (non-hydrogen) atoms. The van der Waals surface area contributed by atoms with Gasteiger partial charge in [-0.05, 0) is 31.0 Å². The number of aryl methyl sites for hydroxylation is 1. The van der Waals surface area contributed by atoms with Crippen molar-refractivity contribution in [1.29, 1.82) is 0 Å². The molecular weight excluding hydrogens is 332 g/mol. The molecule has 0 aliphatic rings. The molecule has 0 radical (unpaired) electrons. The van der Waals surface area contributed by atoms with Crippen molar-refractivity contribution in [3.05, 3.63) is 69.5 Å². The minimum absolute atomic E-state index is 0.0671. The number of hydrogen-bond donors (Lipinski definition) is 2. The Morgan fingerprint density at radius 3 is 2.62 bits per heavy atom. The number of nitrogens with one attached hydrogen (secondary N) is 2. The summed E-state index contributed by atoms with van der Waals surface area (Å²) in [5, 5.41) is 14.0. The third kappa shape index (κ3) is 3.42. The fourth-order valence-corrected chi connectivity index (χ4v) is 2.84. The van der Waals surface area contributed by atoms with E-state index in [4.69, 9.17) is 0 Å². The van der Waals surface area contributed by atoms with E-state index in [-0.39, 0.29) is 29.1 Å². The topological polar surface area (TPSA) is 101 Å². The van der Waals surface area contributed by atoms with Crippen molar-refractivity contribution in [1.82, 2.24) is 15.3 Å². The molecular formula is C19H20N4O3. The lowest BCUT2D eigenvalue weighted by Gasteiger charge is -2.20. The molecule has 3 aromatic rings. The molecule has 2 aromatic carbocycles. The highest BCUT2D eigenvalue weighted by Crippen LogP contribution is 2.24. The number of hydrogen-bond acceptors (Lipinski definition) is 4. The maximum absolute atomic E-state index is 12.7. The number of fused-ring (bicyclic) bond motifs is 1. The molecule has 0 spiro atoms. The van der Waals surface area contributed by atoms with Crippen LogP contribution in [0.2, 0.25) is 0 Å². The van der Waals surface area contributed by atoms with Gasteiger partial charge in [-0.1, -0.05) is 32.0 Å². The standard InChI is InChI=1S/C19H20N4O3/c1-11(2)17(18-20-14-6-4-5-7-15(14)21-18)22-19(24)13-9-8-12(3)16(10-13)23(25)26/h4-11,17H,1-3H3,(H,20,21)(H,22,24)/t17-/m1/s1. The number of imidazole rings is 1. The number of aromatic nitrogens is 2. The average Bonchev–Trinajstić information content (AvgIpc) is 3.02. The van der Waals surface area contributed by atoms with Crippen LogP contribution in [0.4, 0.5) is 5.69 Å². The lowest BCUT2D eigenvalue weighted by Crippen LogP contribution is -2.32. The Balaban J connectivity index is 1.89. The van der Waals surface area contributed by atoms with Gasteiger partial charge >= 0.3 is 0 Å². The predicted octanol–water partition coefficient (Wildman–Crippen LogP) is 3.91. The van der Waals surface area contributed by atoms with Crippen LogP contribution >= 0.6 is 0 Å². The Kier molecular flexibility index (Phi) is 4.71. The Labute approximate surface area is 150 Å². The van der Waals surface area contributed by atoms with Crippen LogP contribution in [0.25, 0.3) is 11.0 Å². The van der Waals surface area contributed by atoms with Crippen LogP contribution in [0.3, 0.4) is 0 Å². The summed E-state index contributed by atoms with van der Waals surface area (Å²) in [7, 11) is 0. The first-order valence-corrected chi connectivity index (χ1v) is 8.37. The molecule has 7 nitrogen and oxygen atoms in total. The van der Waals surface area contributed by atoms with Crippen molar-refractivity contribution in [2.75, 3.05) is 0 Å². The van der Waals surface area contributed by atoms with Crippen LogP contribution in [0, 0.1) is 23.0 Å². The van der Waals surface area contributed by atoms with Crippen molar-refractivity contribution < 1.29 is 9.72 Å². The van der Waals surface area contributed by atoms with E-state index in [1.807, 2.05) is 38.1 Å². The van der Waals surface area contributed by atoms with Crippen LogP contribution in [0.1, 0.15) is 41.6 Å². The first-order chi connectivity index (χ1) is 12.4. The fourth-order valence-electron chi connectivity index (χ4n) is 2.84. The SMILES string of the molecule is Cc1ccc(C(=O)N[C@@H](c2nc3ccccc3[nH]2)C(C)C)cc1[N+](=O)[O-]. The number of para-hydroxylation sites is 2. The summed E-state index contributed by atoms with van der Waals surface area (Å²) < 4.78 is 0. The van der Waals surface area contributed by atoms with E-state index >= 15 is 0 Å². The lowest BCUT2D eigenvalue weighted by atomic mass is 10.0. The zero-order chi connectivity index (χ0) is 18.8. The number of benzene rings is 2. The van der Waals surface area contributed by atoms with E-state index < -0.39 is 4.92 Å². The van der Waals surface area contributed by atoms with Gasteiger partial charge in [0.25, 0.3) is 11.6 Å². The summed E-state index contributed by atoms with van der Waals surface area (Å²) in [6, 6.07) is 11.8. The van der Waals surface area contributed by atoms with Gasteiger partial charge in [0.2, 0.25) is 0 Å². The Bertz CT molecular complexity index is 945. The van der Waals surface area contributed by atoms with Crippen LogP contribution in [0.5, 0.6) is 0 Å². The maximum atomic E-state index is 12.7. The van der Waals surface area contributed by atoms with Crippen molar-refractivity contribution >= 4 is 22.6 Å². The quantitative estimate of drug-likeness (QED) is 0.537. The Morgan fingerprint density at radius 2 is 1.96 bits per heavy atom. The van der Waals surface area contributed by atoms with Gasteiger partial charge in [-0.15, -0.1) is 0 Å². The maximum Gasteiger partial charge on any atom is 0.273 e. The molecule has 1 aromatic heterocycles. The molecule has 1 amide bonds. The van der Waals surface area contributed by atoms with Crippen LogP contribution in [-0.2, 0) is 0 Å².